The third-order valence-electron chi connectivity index (χ3n) is 4.59. The van der Waals surface area contributed by atoms with Crippen molar-refractivity contribution in [3.63, 3.8) is 0 Å². The van der Waals surface area contributed by atoms with Crippen LogP contribution in [0.15, 0.2) is 29.1 Å². The second kappa shape index (κ2) is 6.70. The number of methoxy groups -OCH3 is 2. The van der Waals surface area contributed by atoms with E-state index in [1.165, 1.54) is 6.07 Å². The van der Waals surface area contributed by atoms with Crippen LogP contribution in [-0.2, 0) is 6.42 Å². The second-order valence-corrected chi connectivity index (χ2v) is 6.85. The van der Waals surface area contributed by atoms with Gasteiger partial charge in [-0.1, -0.05) is 13.0 Å². The average molecular weight is 342 g/mol. The van der Waals surface area contributed by atoms with Gasteiger partial charge < -0.3 is 14.5 Å². The van der Waals surface area contributed by atoms with Crippen molar-refractivity contribution >= 4 is 5.78 Å². The molecule has 1 aromatic carbocycles. The first-order valence-corrected chi connectivity index (χ1v) is 8.27. The lowest BCUT2D eigenvalue weighted by molar-refractivity contribution is 0.0954. The van der Waals surface area contributed by atoms with Gasteiger partial charge >= 0.3 is 0 Å². The molecular weight excluding hydrogens is 320 g/mol. The number of hydrogen-bond donors (Lipinski definition) is 1. The quantitative estimate of drug-likeness (QED) is 0.783. The summed E-state index contributed by atoms with van der Waals surface area (Å²) < 4.78 is 10.5. The second-order valence-electron chi connectivity index (χ2n) is 6.85. The SMILES string of the molecule is COc1ccc(Cc2nc(C(=O)CC3(C)CC3)cc(=O)[nH]2)cc1OC. The summed E-state index contributed by atoms with van der Waals surface area (Å²) in [6.45, 7) is 2.09. The van der Waals surface area contributed by atoms with Crippen LogP contribution < -0.4 is 15.0 Å². The molecule has 1 heterocycles. The van der Waals surface area contributed by atoms with Gasteiger partial charge in [-0.2, -0.15) is 0 Å². The highest BCUT2D eigenvalue weighted by atomic mass is 16.5. The summed E-state index contributed by atoms with van der Waals surface area (Å²) in [5, 5.41) is 0. The molecule has 0 bridgehead atoms. The Balaban J connectivity index is 1.83. The lowest BCUT2D eigenvalue weighted by Crippen LogP contribution is -2.17. The molecule has 0 aliphatic heterocycles. The molecule has 0 radical (unpaired) electrons. The molecule has 1 fully saturated rings. The van der Waals surface area contributed by atoms with Gasteiger partial charge in [0.1, 0.15) is 11.5 Å². The van der Waals surface area contributed by atoms with E-state index in [4.69, 9.17) is 9.47 Å². The van der Waals surface area contributed by atoms with Crippen molar-refractivity contribution in [1.82, 2.24) is 9.97 Å². The standard InChI is InChI=1S/C19H22N2O4/c1-19(6-7-19)11-14(22)13-10-18(23)21-17(20-13)9-12-4-5-15(24-2)16(8-12)25-3/h4-5,8,10H,6-7,9,11H2,1-3H3,(H,20,21,23). The Morgan fingerprint density at radius 3 is 2.56 bits per heavy atom. The summed E-state index contributed by atoms with van der Waals surface area (Å²) in [6, 6.07) is 6.79. The number of ketones is 1. The first kappa shape index (κ1) is 17.2. The van der Waals surface area contributed by atoms with E-state index >= 15 is 0 Å². The number of H-pyrrole nitrogens is 1. The van der Waals surface area contributed by atoms with Gasteiger partial charge in [-0.25, -0.2) is 4.98 Å². The average Bonchev–Trinajstić information content (AvgIpc) is 3.31. The number of nitrogens with zero attached hydrogens (tertiary/aromatic N) is 1. The van der Waals surface area contributed by atoms with E-state index < -0.39 is 0 Å². The number of rotatable bonds is 7. The molecule has 6 heteroatoms. The summed E-state index contributed by atoms with van der Waals surface area (Å²) in [5.74, 6) is 1.63. The zero-order valence-electron chi connectivity index (χ0n) is 14.7. The van der Waals surface area contributed by atoms with E-state index in [0.717, 1.165) is 18.4 Å². The predicted octanol–water partition coefficient (Wildman–Crippen LogP) is 2.75. The Morgan fingerprint density at radius 1 is 1.20 bits per heavy atom. The van der Waals surface area contributed by atoms with Gasteiger partial charge in [-0.05, 0) is 36.0 Å². The minimum atomic E-state index is -0.310. The Labute approximate surface area is 146 Å². The van der Waals surface area contributed by atoms with Crippen molar-refractivity contribution in [2.75, 3.05) is 14.2 Å². The minimum absolute atomic E-state index is 0.0698. The molecule has 1 aliphatic rings. The van der Waals surface area contributed by atoms with Crippen molar-refractivity contribution < 1.29 is 14.3 Å². The molecule has 1 aliphatic carbocycles. The van der Waals surface area contributed by atoms with Crippen LogP contribution in [0.5, 0.6) is 11.5 Å². The van der Waals surface area contributed by atoms with Gasteiger partial charge in [0.2, 0.25) is 0 Å². The smallest absolute Gasteiger partial charge is 0.251 e. The van der Waals surface area contributed by atoms with Crippen molar-refractivity contribution in [2.45, 2.75) is 32.6 Å². The Kier molecular flexibility index (Phi) is 4.61. The molecule has 1 N–H and O–H groups in total. The van der Waals surface area contributed by atoms with Gasteiger partial charge in [0, 0.05) is 18.9 Å². The highest BCUT2D eigenvalue weighted by molar-refractivity contribution is 5.94. The minimum Gasteiger partial charge on any atom is -0.493 e. The third-order valence-corrected chi connectivity index (χ3v) is 4.59. The van der Waals surface area contributed by atoms with Crippen LogP contribution in [0.2, 0.25) is 0 Å². The van der Waals surface area contributed by atoms with E-state index in [-0.39, 0.29) is 22.5 Å². The van der Waals surface area contributed by atoms with Crippen LogP contribution in [0, 0.1) is 5.41 Å². The number of ether oxygens (including phenoxy) is 2. The molecule has 0 spiro atoms. The van der Waals surface area contributed by atoms with Crippen LogP contribution >= 0.6 is 0 Å². The fourth-order valence-corrected chi connectivity index (χ4v) is 2.79. The Morgan fingerprint density at radius 2 is 1.92 bits per heavy atom. The number of aromatic nitrogens is 2. The van der Waals surface area contributed by atoms with Crippen molar-refractivity contribution in [1.29, 1.82) is 0 Å². The number of Topliss-reactive ketones (excluding diaryl/α,β-unsaturated/α-hetero) is 1. The van der Waals surface area contributed by atoms with Crippen molar-refractivity contribution in [2.24, 2.45) is 5.41 Å². The maximum Gasteiger partial charge on any atom is 0.251 e. The molecule has 0 unspecified atom stereocenters. The third kappa shape index (κ3) is 4.07. The summed E-state index contributed by atoms with van der Waals surface area (Å²) in [6.07, 6.45) is 2.95. The number of benzene rings is 1. The molecule has 1 aromatic heterocycles. The number of carbonyl (C=O) groups is 1. The lowest BCUT2D eigenvalue weighted by Gasteiger charge is -2.10. The summed E-state index contributed by atoms with van der Waals surface area (Å²) in [4.78, 5) is 31.4. The summed E-state index contributed by atoms with van der Waals surface area (Å²) in [5.41, 5.74) is 0.923. The maximum absolute atomic E-state index is 12.4. The van der Waals surface area contributed by atoms with E-state index in [0.29, 0.717) is 30.2 Å². The van der Waals surface area contributed by atoms with Crippen LogP contribution in [0.4, 0.5) is 0 Å². The van der Waals surface area contributed by atoms with Gasteiger partial charge in [0.15, 0.2) is 17.3 Å². The first-order valence-electron chi connectivity index (χ1n) is 8.27. The van der Waals surface area contributed by atoms with Gasteiger partial charge in [-0.15, -0.1) is 0 Å². The van der Waals surface area contributed by atoms with Gasteiger partial charge in [0.25, 0.3) is 5.56 Å². The molecule has 25 heavy (non-hydrogen) atoms. The number of carbonyl (C=O) groups excluding carboxylic acids is 1. The van der Waals surface area contributed by atoms with Crippen LogP contribution in [0.25, 0.3) is 0 Å². The topological polar surface area (TPSA) is 81.3 Å². The molecule has 132 valence electrons. The van der Waals surface area contributed by atoms with Crippen molar-refractivity contribution in [3.8, 4) is 11.5 Å². The van der Waals surface area contributed by atoms with Gasteiger partial charge in [-0.3, -0.25) is 9.59 Å². The fraction of sp³-hybridized carbons (Fsp3) is 0.421. The highest BCUT2D eigenvalue weighted by Gasteiger charge is 2.39. The molecule has 3 rings (SSSR count). The molecular formula is C19H22N2O4. The predicted molar refractivity (Wildman–Crippen MR) is 93.5 cm³/mol. The maximum atomic E-state index is 12.4. The zero-order chi connectivity index (χ0) is 18.0. The summed E-state index contributed by atoms with van der Waals surface area (Å²) >= 11 is 0. The summed E-state index contributed by atoms with van der Waals surface area (Å²) in [7, 11) is 3.14. The van der Waals surface area contributed by atoms with E-state index in [1.54, 1.807) is 20.3 Å². The Hall–Kier alpha value is -2.63. The normalized spacial score (nSPS) is 14.8. The van der Waals surface area contributed by atoms with Crippen molar-refractivity contribution in [3.05, 3.63) is 51.7 Å². The fourth-order valence-electron chi connectivity index (χ4n) is 2.79. The zero-order valence-corrected chi connectivity index (χ0v) is 14.7. The van der Waals surface area contributed by atoms with Crippen LogP contribution in [-0.4, -0.2) is 30.0 Å². The Bertz CT molecular complexity index is 853. The molecule has 0 saturated heterocycles. The van der Waals surface area contributed by atoms with Crippen LogP contribution in [0.3, 0.4) is 0 Å². The first-order chi connectivity index (χ1) is 11.9. The number of hydrogen-bond acceptors (Lipinski definition) is 5. The van der Waals surface area contributed by atoms with Gasteiger partial charge in [0.05, 0.1) is 14.2 Å². The van der Waals surface area contributed by atoms with E-state index in [9.17, 15) is 9.59 Å². The van der Waals surface area contributed by atoms with E-state index in [2.05, 4.69) is 16.9 Å². The molecule has 0 atom stereocenters. The monoisotopic (exact) mass is 342 g/mol. The molecule has 0 amide bonds. The molecule has 2 aromatic rings. The van der Waals surface area contributed by atoms with Crippen LogP contribution in [0.1, 0.15) is 48.1 Å². The number of aromatic amines is 1. The highest BCUT2D eigenvalue weighted by Crippen LogP contribution is 2.48. The number of nitrogens with one attached hydrogen (secondary N) is 1. The lowest BCUT2D eigenvalue weighted by atomic mass is 10.0. The molecule has 6 nitrogen and oxygen atoms in total. The molecule has 1 saturated carbocycles. The van der Waals surface area contributed by atoms with E-state index in [1.807, 2.05) is 12.1 Å². The largest absolute Gasteiger partial charge is 0.493 e.